The van der Waals surface area contributed by atoms with Gasteiger partial charge in [0.15, 0.2) is 0 Å². The van der Waals surface area contributed by atoms with Crippen molar-refractivity contribution in [3.05, 3.63) is 0 Å². The summed E-state index contributed by atoms with van der Waals surface area (Å²) in [7, 11) is 0. The summed E-state index contributed by atoms with van der Waals surface area (Å²) in [6, 6.07) is 0. The highest BCUT2D eigenvalue weighted by Gasteiger charge is 2.52. The van der Waals surface area contributed by atoms with Crippen molar-refractivity contribution in [3.63, 3.8) is 0 Å². The number of carboxylic acid groups (broad SMARTS) is 2. The first kappa shape index (κ1) is 20.8. The van der Waals surface area contributed by atoms with Crippen LogP contribution in [0, 0.1) is 11.8 Å². The second-order valence-electron chi connectivity index (χ2n) is 6.86. The second kappa shape index (κ2) is 7.39. The van der Waals surface area contributed by atoms with E-state index in [0.717, 1.165) is 0 Å². The van der Waals surface area contributed by atoms with Crippen molar-refractivity contribution < 1.29 is 30.0 Å². The molecule has 7 nitrogen and oxygen atoms in total. The van der Waals surface area contributed by atoms with Crippen LogP contribution in [0.4, 0.5) is 0 Å². The molecule has 1 aliphatic rings. The highest BCUT2D eigenvalue weighted by molar-refractivity contribution is 6.27. The normalized spacial score (nSPS) is 30.1. The summed E-state index contributed by atoms with van der Waals surface area (Å²) in [6.07, 6.45) is -0.278. The molecule has 0 aliphatic carbocycles. The van der Waals surface area contributed by atoms with Crippen LogP contribution in [0.25, 0.3) is 0 Å². The number of piperidine rings is 1. The molecule has 0 radical (unpaired) electrons. The van der Waals surface area contributed by atoms with Gasteiger partial charge in [-0.1, -0.05) is 13.8 Å². The van der Waals surface area contributed by atoms with Crippen LogP contribution in [0.2, 0.25) is 0 Å². The summed E-state index contributed by atoms with van der Waals surface area (Å²) in [6.45, 7) is 13.7. The van der Waals surface area contributed by atoms with Gasteiger partial charge >= 0.3 is 11.9 Å². The first-order valence-electron chi connectivity index (χ1n) is 7.34. The van der Waals surface area contributed by atoms with E-state index >= 15 is 0 Å². The van der Waals surface area contributed by atoms with Crippen LogP contribution in [0.3, 0.4) is 0 Å². The Balaban J connectivity index is 0.000000626. The summed E-state index contributed by atoms with van der Waals surface area (Å²) in [5.74, 6) is -3.23. The van der Waals surface area contributed by atoms with Crippen LogP contribution in [-0.2, 0) is 9.59 Å². The number of nitrogens with zero attached hydrogens (tertiary/aromatic N) is 1. The predicted molar refractivity (Wildman–Crippen MR) is 81.6 cm³/mol. The molecule has 1 fully saturated rings. The number of hydrogen-bond acceptors (Lipinski definition) is 5. The average molecular weight is 319 g/mol. The number of carbonyl (C=O) groups is 2. The lowest BCUT2D eigenvalue weighted by molar-refractivity contribution is -0.159. The van der Waals surface area contributed by atoms with E-state index in [9.17, 15) is 10.2 Å². The molecule has 1 aliphatic heterocycles. The fraction of sp³-hybridized carbons (Fsp3) is 0.867. The molecular weight excluding hydrogens is 290 g/mol. The molecule has 0 saturated carbocycles. The lowest BCUT2D eigenvalue weighted by Gasteiger charge is -2.60. The molecule has 1 heterocycles. The Kier molecular flexibility index (Phi) is 6.99. The van der Waals surface area contributed by atoms with Gasteiger partial charge in [0.05, 0.1) is 12.7 Å². The first-order chi connectivity index (χ1) is 9.81. The molecule has 7 heteroatoms. The Morgan fingerprint density at radius 1 is 0.955 bits per heavy atom. The van der Waals surface area contributed by atoms with Crippen LogP contribution in [0.1, 0.15) is 41.5 Å². The molecule has 0 spiro atoms. The highest BCUT2D eigenvalue weighted by Crippen LogP contribution is 2.44. The number of aliphatic hydroxyl groups excluding tert-OH is 2. The Labute approximate surface area is 131 Å². The van der Waals surface area contributed by atoms with E-state index in [2.05, 4.69) is 46.4 Å². The minimum absolute atomic E-state index is 0.0852. The van der Waals surface area contributed by atoms with Gasteiger partial charge in [0.1, 0.15) is 0 Å². The molecule has 1 saturated heterocycles. The SMILES string of the molecule is CC1C(O)C(C)C(C)(C)N(CCO)C1(C)C.O=C(O)C(=O)O. The Morgan fingerprint density at radius 3 is 1.50 bits per heavy atom. The molecule has 22 heavy (non-hydrogen) atoms. The molecule has 0 aromatic carbocycles. The molecular formula is C15H29NO6. The van der Waals surface area contributed by atoms with Gasteiger partial charge in [0, 0.05) is 29.5 Å². The Bertz CT molecular complexity index is 373. The summed E-state index contributed by atoms with van der Waals surface area (Å²) in [4.78, 5) is 20.5. The largest absolute Gasteiger partial charge is 0.473 e. The summed E-state index contributed by atoms with van der Waals surface area (Å²) < 4.78 is 0. The molecule has 2 unspecified atom stereocenters. The smallest absolute Gasteiger partial charge is 0.414 e. The number of hydrogen-bond donors (Lipinski definition) is 4. The number of rotatable bonds is 2. The summed E-state index contributed by atoms with van der Waals surface area (Å²) in [5.41, 5.74) is -0.170. The van der Waals surface area contributed by atoms with Gasteiger partial charge in [-0.3, -0.25) is 4.90 Å². The van der Waals surface area contributed by atoms with Crippen molar-refractivity contribution in [1.82, 2.24) is 4.90 Å². The summed E-state index contributed by atoms with van der Waals surface area (Å²) >= 11 is 0. The highest BCUT2D eigenvalue weighted by atomic mass is 16.4. The lowest BCUT2D eigenvalue weighted by Crippen LogP contribution is -2.69. The van der Waals surface area contributed by atoms with E-state index in [1.54, 1.807) is 0 Å². The lowest BCUT2D eigenvalue weighted by atomic mass is 9.66. The van der Waals surface area contributed by atoms with Crippen molar-refractivity contribution in [3.8, 4) is 0 Å². The van der Waals surface area contributed by atoms with E-state index in [1.807, 2.05) is 0 Å². The zero-order chi connectivity index (χ0) is 17.9. The third kappa shape index (κ3) is 4.18. The van der Waals surface area contributed by atoms with Gasteiger partial charge in [-0.15, -0.1) is 0 Å². The van der Waals surface area contributed by atoms with Crippen LogP contribution >= 0.6 is 0 Å². The quantitative estimate of drug-likeness (QED) is 0.552. The van der Waals surface area contributed by atoms with E-state index in [-0.39, 0.29) is 35.6 Å². The van der Waals surface area contributed by atoms with Gasteiger partial charge in [-0.05, 0) is 27.7 Å². The van der Waals surface area contributed by atoms with E-state index in [0.29, 0.717) is 6.54 Å². The van der Waals surface area contributed by atoms with Crippen molar-refractivity contribution in [1.29, 1.82) is 0 Å². The third-order valence-electron chi connectivity index (χ3n) is 5.15. The third-order valence-corrected chi connectivity index (χ3v) is 5.15. The van der Waals surface area contributed by atoms with Gasteiger partial charge < -0.3 is 20.4 Å². The Morgan fingerprint density at radius 2 is 1.27 bits per heavy atom. The monoisotopic (exact) mass is 319 g/mol. The van der Waals surface area contributed by atoms with E-state index < -0.39 is 11.9 Å². The number of likely N-dealkylation sites (tertiary alicyclic amines) is 1. The zero-order valence-electron chi connectivity index (χ0n) is 14.2. The number of carboxylic acids is 2. The molecule has 1 rings (SSSR count). The molecule has 0 amide bonds. The fourth-order valence-electron chi connectivity index (χ4n) is 3.18. The minimum atomic E-state index is -1.82. The molecule has 130 valence electrons. The fourth-order valence-corrected chi connectivity index (χ4v) is 3.18. The first-order valence-corrected chi connectivity index (χ1v) is 7.34. The van der Waals surface area contributed by atoms with Gasteiger partial charge in [-0.2, -0.15) is 0 Å². The van der Waals surface area contributed by atoms with Gasteiger partial charge in [0.2, 0.25) is 0 Å². The van der Waals surface area contributed by atoms with Crippen molar-refractivity contribution in [2.45, 2.75) is 58.7 Å². The van der Waals surface area contributed by atoms with Crippen LogP contribution < -0.4 is 0 Å². The van der Waals surface area contributed by atoms with Gasteiger partial charge in [0.25, 0.3) is 0 Å². The molecule has 0 aromatic rings. The van der Waals surface area contributed by atoms with Crippen LogP contribution in [0.5, 0.6) is 0 Å². The van der Waals surface area contributed by atoms with Crippen molar-refractivity contribution in [2.24, 2.45) is 11.8 Å². The molecule has 4 N–H and O–H groups in total. The molecule has 0 aromatic heterocycles. The molecule has 0 bridgehead atoms. The maximum Gasteiger partial charge on any atom is 0.414 e. The van der Waals surface area contributed by atoms with Crippen molar-refractivity contribution >= 4 is 11.9 Å². The van der Waals surface area contributed by atoms with E-state index in [1.165, 1.54) is 0 Å². The Hall–Kier alpha value is -1.18. The van der Waals surface area contributed by atoms with Gasteiger partial charge in [-0.25, -0.2) is 9.59 Å². The van der Waals surface area contributed by atoms with Crippen molar-refractivity contribution in [2.75, 3.05) is 13.2 Å². The topological polar surface area (TPSA) is 118 Å². The number of aliphatic carboxylic acids is 2. The maximum atomic E-state index is 10.3. The minimum Gasteiger partial charge on any atom is -0.473 e. The zero-order valence-corrected chi connectivity index (χ0v) is 14.2. The maximum absolute atomic E-state index is 10.3. The van der Waals surface area contributed by atoms with Crippen LogP contribution in [0.15, 0.2) is 0 Å². The van der Waals surface area contributed by atoms with E-state index in [4.69, 9.17) is 19.8 Å². The summed E-state index contributed by atoms with van der Waals surface area (Å²) in [5, 5.41) is 34.3. The standard InChI is InChI=1S/C13H27NO2.C2H2O4/c1-9-11(16)10(2)13(5,6)14(7-8-15)12(9,3)4;3-1(4)2(5)6/h9-11,15-16H,7-8H2,1-6H3;(H,3,4)(H,5,6). The number of β-amino-alcohol motifs (C(OH)–C–C–N with tert-alkyl or cyclic N) is 1. The average Bonchev–Trinajstić information content (AvgIpc) is 2.41. The molecule has 2 atom stereocenters. The predicted octanol–water partition coefficient (Wildman–Crippen LogP) is 0.640. The second-order valence-corrected chi connectivity index (χ2v) is 6.86. The number of aliphatic hydroxyl groups is 2. The van der Waals surface area contributed by atoms with Crippen LogP contribution in [-0.4, -0.2) is 67.6 Å².